The fourth-order valence-corrected chi connectivity index (χ4v) is 7.39. The average Bonchev–Trinajstić information content (AvgIpc) is 3.15. The van der Waals surface area contributed by atoms with Gasteiger partial charge in [0.1, 0.15) is 21.3 Å². The van der Waals surface area contributed by atoms with Crippen LogP contribution in [0.3, 0.4) is 0 Å². The van der Waals surface area contributed by atoms with Gasteiger partial charge < -0.3 is 20.2 Å². The molecule has 0 radical (unpaired) electrons. The number of hydrogen-bond donors (Lipinski definition) is 3. The van der Waals surface area contributed by atoms with Gasteiger partial charge in [0.25, 0.3) is 0 Å². The third kappa shape index (κ3) is 11.8. The summed E-state index contributed by atoms with van der Waals surface area (Å²) in [5.41, 5.74) is 5.68. The molecule has 0 saturated carbocycles. The number of fused-ring (bicyclic) bond motifs is 1. The molecule has 1 aliphatic rings. The van der Waals surface area contributed by atoms with Gasteiger partial charge in [-0.3, -0.25) is 0 Å². The Kier molecular flexibility index (Phi) is 14.3. The first kappa shape index (κ1) is 37.8. The van der Waals surface area contributed by atoms with Crippen molar-refractivity contribution in [2.75, 3.05) is 37.7 Å². The highest BCUT2D eigenvalue weighted by Crippen LogP contribution is 2.41. The lowest BCUT2D eigenvalue weighted by molar-refractivity contribution is -0.284. The van der Waals surface area contributed by atoms with E-state index in [4.69, 9.17) is 0 Å². The highest BCUT2D eigenvalue weighted by Gasteiger charge is 2.56. The van der Waals surface area contributed by atoms with Gasteiger partial charge in [-0.25, -0.2) is 8.42 Å². The molecule has 12 heteroatoms. The number of nitrogens with zero attached hydrogens (tertiary/aromatic N) is 1. The minimum atomic E-state index is -5.69. The molecule has 1 aliphatic carbocycles. The summed E-state index contributed by atoms with van der Waals surface area (Å²) in [4.78, 5) is 2.06. The number of aromatic hydroxyl groups is 2. The fraction of sp³-hybridized carbons (Fsp3) is 0.588. The highest BCUT2D eigenvalue weighted by molar-refractivity contribution is 7.91. The normalized spacial score (nSPS) is 14.5. The Morgan fingerprint density at radius 1 is 0.761 bits per heavy atom. The largest absolute Gasteiger partial charge is 0.508 e. The first-order chi connectivity index (χ1) is 21.7. The van der Waals surface area contributed by atoms with E-state index < -0.39 is 40.5 Å². The number of rotatable bonds is 19. The van der Waals surface area contributed by atoms with Crippen LogP contribution < -0.4 is 0 Å². The van der Waals surface area contributed by atoms with E-state index in [0.29, 0.717) is 26.1 Å². The first-order valence-corrected chi connectivity index (χ1v) is 17.9. The van der Waals surface area contributed by atoms with E-state index in [1.165, 1.54) is 11.1 Å². The molecule has 0 bridgehead atoms. The van der Waals surface area contributed by atoms with Crippen molar-refractivity contribution >= 4 is 21.0 Å². The molecule has 0 spiro atoms. The second-order valence-corrected chi connectivity index (χ2v) is 14.4. The van der Waals surface area contributed by atoms with Gasteiger partial charge in [-0.15, -0.1) is 0 Å². The SMILES string of the molecule is O=S(=O)(CCCN(CCCO)CCCCCCC1=C(c2cccc(O)c2)CCCc2cc(O)ccc21)CCCC(F)(F)C(F)(F)F. The van der Waals surface area contributed by atoms with Crippen LogP contribution in [0.5, 0.6) is 11.5 Å². The Morgan fingerprint density at radius 3 is 2.15 bits per heavy atom. The van der Waals surface area contributed by atoms with Gasteiger partial charge in [-0.05, 0) is 123 Å². The molecule has 0 aromatic heterocycles. The number of hydrogen-bond acceptors (Lipinski definition) is 6. The molecule has 258 valence electrons. The Labute approximate surface area is 268 Å². The molecule has 0 heterocycles. The van der Waals surface area contributed by atoms with E-state index >= 15 is 0 Å². The predicted molar refractivity (Wildman–Crippen MR) is 171 cm³/mol. The van der Waals surface area contributed by atoms with E-state index in [2.05, 4.69) is 4.90 Å². The Morgan fingerprint density at radius 2 is 1.43 bits per heavy atom. The maximum Gasteiger partial charge on any atom is 0.453 e. The van der Waals surface area contributed by atoms with E-state index in [1.54, 1.807) is 18.2 Å². The van der Waals surface area contributed by atoms with Crippen LogP contribution in [-0.4, -0.2) is 78.5 Å². The number of aliphatic hydroxyl groups excluding tert-OH is 1. The zero-order valence-corrected chi connectivity index (χ0v) is 27.0. The van der Waals surface area contributed by atoms with E-state index in [-0.39, 0.29) is 30.3 Å². The highest BCUT2D eigenvalue weighted by atomic mass is 32.2. The number of phenols is 2. The molecule has 3 rings (SSSR count). The molecule has 0 saturated heterocycles. The van der Waals surface area contributed by atoms with Crippen LogP contribution in [0.25, 0.3) is 11.1 Å². The molecule has 2 aromatic rings. The molecular weight excluding hydrogens is 629 g/mol. The van der Waals surface area contributed by atoms with Crippen molar-refractivity contribution < 1.29 is 45.7 Å². The molecule has 6 nitrogen and oxygen atoms in total. The van der Waals surface area contributed by atoms with Crippen molar-refractivity contribution in [1.29, 1.82) is 0 Å². The molecular formula is C34H46F5NO5S. The monoisotopic (exact) mass is 675 g/mol. The number of halogens is 5. The fourth-order valence-electron chi connectivity index (χ4n) is 6.03. The number of phenolic OH excluding ortho intramolecular Hbond substituents is 2. The molecule has 0 unspecified atom stereocenters. The lowest BCUT2D eigenvalue weighted by Gasteiger charge is -2.22. The van der Waals surface area contributed by atoms with Gasteiger partial charge in [-0.2, -0.15) is 22.0 Å². The van der Waals surface area contributed by atoms with Crippen LogP contribution in [0.2, 0.25) is 0 Å². The van der Waals surface area contributed by atoms with Crippen LogP contribution in [0.1, 0.15) is 87.3 Å². The van der Waals surface area contributed by atoms with E-state index in [1.807, 2.05) is 24.3 Å². The molecule has 2 aromatic carbocycles. The molecule has 0 amide bonds. The minimum absolute atomic E-state index is 0.0158. The molecule has 0 atom stereocenters. The lowest BCUT2D eigenvalue weighted by Crippen LogP contribution is -2.36. The summed E-state index contributed by atoms with van der Waals surface area (Å²) in [7, 11) is -3.77. The lowest BCUT2D eigenvalue weighted by atomic mass is 9.89. The summed E-state index contributed by atoms with van der Waals surface area (Å²) in [6.07, 6.45) is -0.104. The van der Waals surface area contributed by atoms with Crippen molar-refractivity contribution in [2.45, 2.75) is 89.1 Å². The standard InChI is InChI=1S/C34H46F5NO5S/c35-33(36,34(37,38)39)17-7-22-46(44,45)23-9-20-40(19-8-21-41)18-4-2-1-3-13-32-30(26-10-5-12-28(42)24-26)14-6-11-27-25-29(43)15-16-31(27)32/h5,10,12,15-16,24-25,41-43H,1-4,6-9,11,13-14,17-23H2. The van der Waals surface area contributed by atoms with Gasteiger partial charge in [0.2, 0.25) is 0 Å². The van der Waals surface area contributed by atoms with Crippen LogP contribution in [-0.2, 0) is 16.3 Å². The predicted octanol–water partition coefficient (Wildman–Crippen LogP) is 7.76. The smallest absolute Gasteiger partial charge is 0.453 e. The quantitative estimate of drug-likeness (QED) is 0.104. The van der Waals surface area contributed by atoms with Gasteiger partial charge >= 0.3 is 12.1 Å². The van der Waals surface area contributed by atoms with Crippen molar-refractivity contribution in [3.05, 3.63) is 59.2 Å². The molecule has 46 heavy (non-hydrogen) atoms. The molecule has 0 fully saturated rings. The van der Waals surface area contributed by atoms with E-state index in [0.717, 1.165) is 68.1 Å². The summed E-state index contributed by atoms with van der Waals surface area (Å²) in [5.74, 6) is -5.46. The molecule has 0 aliphatic heterocycles. The first-order valence-electron chi connectivity index (χ1n) is 16.0. The van der Waals surface area contributed by atoms with Crippen LogP contribution >= 0.6 is 0 Å². The summed E-state index contributed by atoms with van der Waals surface area (Å²) in [6, 6.07) is 12.8. The van der Waals surface area contributed by atoms with Gasteiger partial charge in [-0.1, -0.05) is 31.0 Å². The van der Waals surface area contributed by atoms with Gasteiger partial charge in [0.05, 0.1) is 11.5 Å². The van der Waals surface area contributed by atoms with Crippen LogP contribution in [0.4, 0.5) is 22.0 Å². The van der Waals surface area contributed by atoms with Crippen molar-refractivity contribution in [1.82, 2.24) is 4.90 Å². The summed E-state index contributed by atoms with van der Waals surface area (Å²) < 4.78 is 87.7. The zero-order chi connectivity index (χ0) is 33.8. The second-order valence-electron chi connectivity index (χ2n) is 12.1. The average molecular weight is 676 g/mol. The van der Waals surface area contributed by atoms with Crippen molar-refractivity contribution in [3.8, 4) is 11.5 Å². The van der Waals surface area contributed by atoms with E-state index in [9.17, 15) is 45.7 Å². The molecule has 3 N–H and O–H groups in total. The number of sulfone groups is 1. The number of unbranched alkanes of at least 4 members (excludes halogenated alkanes) is 3. The maximum absolute atomic E-state index is 13.1. The maximum atomic E-state index is 13.1. The summed E-state index contributed by atoms with van der Waals surface area (Å²) in [6.45, 7) is 1.66. The minimum Gasteiger partial charge on any atom is -0.508 e. The zero-order valence-electron chi connectivity index (χ0n) is 26.2. The Bertz CT molecular complexity index is 1390. The van der Waals surface area contributed by atoms with Crippen molar-refractivity contribution in [2.24, 2.45) is 0 Å². The topological polar surface area (TPSA) is 98.1 Å². The Balaban J connectivity index is 1.50. The number of aliphatic hydroxyl groups is 1. The van der Waals surface area contributed by atoms with Gasteiger partial charge in [0, 0.05) is 19.6 Å². The number of alkyl halides is 5. The van der Waals surface area contributed by atoms with Crippen LogP contribution in [0, 0.1) is 0 Å². The number of aryl methyl sites for hydroxylation is 1. The third-order valence-corrected chi connectivity index (χ3v) is 10.2. The van der Waals surface area contributed by atoms with Crippen LogP contribution in [0.15, 0.2) is 42.5 Å². The second kappa shape index (κ2) is 17.5. The number of benzene rings is 2. The Hall–Kier alpha value is -2.70. The van der Waals surface area contributed by atoms with Crippen molar-refractivity contribution in [3.63, 3.8) is 0 Å². The third-order valence-electron chi connectivity index (χ3n) is 8.42. The van der Waals surface area contributed by atoms with Gasteiger partial charge in [0.15, 0.2) is 0 Å². The summed E-state index contributed by atoms with van der Waals surface area (Å²) >= 11 is 0. The summed E-state index contributed by atoms with van der Waals surface area (Å²) in [5, 5.41) is 29.5. The number of allylic oxidation sites excluding steroid dienone is 2.